The molecule has 7 nitrogen and oxygen atoms in total. The van der Waals surface area contributed by atoms with Gasteiger partial charge in [-0.1, -0.05) is 27.5 Å². The smallest absolute Gasteiger partial charge is 0.271 e. The lowest BCUT2D eigenvalue weighted by atomic mass is 10.1. The van der Waals surface area contributed by atoms with Gasteiger partial charge in [0.05, 0.1) is 15.6 Å². The van der Waals surface area contributed by atoms with E-state index >= 15 is 0 Å². The molecule has 1 heterocycles. The first-order chi connectivity index (χ1) is 13.7. The second kappa shape index (κ2) is 8.59. The average molecular weight is 483 g/mol. The standard InChI is InChI=1S/C20H21BrClN3O4/c1-20(2,29-16-6-3-14(21)4-7-16)19(26)24-11-9-23(10-12-24)18-8-5-15(25(27)28)13-17(18)22/h3-8,13H,9-12H2,1-2H3. The summed E-state index contributed by atoms with van der Waals surface area (Å²) < 4.78 is 6.87. The normalized spacial score (nSPS) is 14.6. The Bertz CT molecular complexity index is 912. The number of hydrogen-bond donors (Lipinski definition) is 0. The largest absolute Gasteiger partial charge is 0.478 e. The van der Waals surface area contributed by atoms with Gasteiger partial charge >= 0.3 is 0 Å². The number of carbonyl (C=O) groups is 1. The van der Waals surface area contributed by atoms with Crippen molar-refractivity contribution in [1.82, 2.24) is 4.90 Å². The zero-order chi connectivity index (χ0) is 21.2. The lowest BCUT2D eigenvalue weighted by Gasteiger charge is -2.39. The van der Waals surface area contributed by atoms with Crippen LogP contribution in [0.2, 0.25) is 5.02 Å². The zero-order valence-corrected chi connectivity index (χ0v) is 18.4. The Balaban J connectivity index is 1.63. The molecular formula is C20H21BrClN3O4. The Hall–Kier alpha value is -2.32. The minimum absolute atomic E-state index is 0.0422. The Morgan fingerprint density at radius 3 is 2.31 bits per heavy atom. The van der Waals surface area contributed by atoms with Crippen LogP contribution >= 0.6 is 27.5 Å². The molecule has 0 atom stereocenters. The molecule has 0 bridgehead atoms. The molecule has 1 saturated heterocycles. The number of nitro groups is 1. The molecule has 0 spiro atoms. The van der Waals surface area contributed by atoms with Crippen LogP contribution in [0, 0.1) is 10.1 Å². The summed E-state index contributed by atoms with van der Waals surface area (Å²) in [4.78, 5) is 27.2. The van der Waals surface area contributed by atoms with Gasteiger partial charge in [-0.15, -0.1) is 0 Å². The molecule has 2 aromatic carbocycles. The number of nitro benzene ring substituents is 1. The van der Waals surface area contributed by atoms with Crippen molar-refractivity contribution in [3.8, 4) is 5.75 Å². The number of ether oxygens (including phenoxy) is 1. The number of halogens is 2. The van der Waals surface area contributed by atoms with Crippen LogP contribution in [0.4, 0.5) is 11.4 Å². The third-order valence-electron chi connectivity index (χ3n) is 4.75. The minimum atomic E-state index is -0.999. The summed E-state index contributed by atoms with van der Waals surface area (Å²) in [6.07, 6.45) is 0. The second-order valence-corrected chi connectivity index (χ2v) is 8.56. The number of piperazine rings is 1. The van der Waals surface area contributed by atoms with Crippen molar-refractivity contribution in [3.05, 3.63) is 62.1 Å². The molecule has 0 saturated carbocycles. The van der Waals surface area contributed by atoms with Crippen LogP contribution in [0.3, 0.4) is 0 Å². The third-order valence-corrected chi connectivity index (χ3v) is 5.58. The Morgan fingerprint density at radius 2 is 1.76 bits per heavy atom. The molecule has 1 fully saturated rings. The first-order valence-corrected chi connectivity index (χ1v) is 10.3. The van der Waals surface area contributed by atoms with E-state index in [1.54, 1.807) is 24.8 Å². The first kappa shape index (κ1) is 21.4. The van der Waals surface area contributed by atoms with Crippen LogP contribution in [-0.4, -0.2) is 47.5 Å². The van der Waals surface area contributed by atoms with Gasteiger partial charge in [0.15, 0.2) is 5.60 Å². The lowest BCUT2D eigenvalue weighted by molar-refractivity contribution is -0.384. The fourth-order valence-corrected chi connectivity index (χ4v) is 3.80. The molecule has 1 aliphatic heterocycles. The summed E-state index contributed by atoms with van der Waals surface area (Å²) >= 11 is 9.61. The highest BCUT2D eigenvalue weighted by Crippen LogP contribution is 2.31. The number of amides is 1. The summed E-state index contributed by atoms with van der Waals surface area (Å²) in [5.41, 5.74) is -0.310. The molecule has 0 aromatic heterocycles. The van der Waals surface area contributed by atoms with Crippen molar-refractivity contribution >= 4 is 44.8 Å². The fourth-order valence-electron chi connectivity index (χ4n) is 3.24. The van der Waals surface area contributed by atoms with Crippen molar-refractivity contribution < 1.29 is 14.5 Å². The van der Waals surface area contributed by atoms with Gasteiger partial charge in [-0.3, -0.25) is 14.9 Å². The van der Waals surface area contributed by atoms with Crippen LogP contribution in [0.5, 0.6) is 5.75 Å². The number of nitrogens with zero attached hydrogens (tertiary/aromatic N) is 3. The van der Waals surface area contributed by atoms with Gasteiger partial charge in [-0.25, -0.2) is 0 Å². The van der Waals surface area contributed by atoms with Crippen molar-refractivity contribution in [2.24, 2.45) is 0 Å². The maximum atomic E-state index is 13.0. The predicted molar refractivity (Wildman–Crippen MR) is 116 cm³/mol. The van der Waals surface area contributed by atoms with E-state index in [-0.39, 0.29) is 11.6 Å². The van der Waals surface area contributed by atoms with Gasteiger partial charge in [-0.2, -0.15) is 0 Å². The van der Waals surface area contributed by atoms with Crippen molar-refractivity contribution in [2.75, 3.05) is 31.1 Å². The van der Waals surface area contributed by atoms with Crippen LogP contribution in [0.1, 0.15) is 13.8 Å². The highest BCUT2D eigenvalue weighted by molar-refractivity contribution is 9.10. The molecule has 1 aliphatic rings. The van der Waals surface area contributed by atoms with Gasteiger partial charge < -0.3 is 14.5 Å². The second-order valence-electron chi connectivity index (χ2n) is 7.24. The number of benzene rings is 2. The van der Waals surface area contributed by atoms with E-state index in [2.05, 4.69) is 15.9 Å². The Kier molecular flexibility index (Phi) is 6.33. The Labute approximate surface area is 182 Å². The molecule has 29 heavy (non-hydrogen) atoms. The SMILES string of the molecule is CC(C)(Oc1ccc(Br)cc1)C(=O)N1CCN(c2ccc([N+](=O)[O-])cc2Cl)CC1. The molecule has 0 unspecified atom stereocenters. The highest BCUT2D eigenvalue weighted by atomic mass is 79.9. The zero-order valence-electron chi connectivity index (χ0n) is 16.1. The monoisotopic (exact) mass is 481 g/mol. The maximum Gasteiger partial charge on any atom is 0.271 e. The molecule has 0 radical (unpaired) electrons. The highest BCUT2D eigenvalue weighted by Gasteiger charge is 2.36. The number of hydrogen-bond acceptors (Lipinski definition) is 5. The molecule has 0 N–H and O–H groups in total. The van der Waals surface area contributed by atoms with Gasteiger partial charge in [0.1, 0.15) is 5.75 Å². The summed E-state index contributed by atoms with van der Waals surface area (Å²) in [5, 5.41) is 11.2. The van der Waals surface area contributed by atoms with Gasteiger partial charge in [0.2, 0.25) is 0 Å². The van der Waals surface area contributed by atoms with Crippen LogP contribution in [-0.2, 0) is 4.79 Å². The van der Waals surface area contributed by atoms with Crippen molar-refractivity contribution in [1.29, 1.82) is 0 Å². The van der Waals surface area contributed by atoms with Crippen LogP contribution < -0.4 is 9.64 Å². The van der Waals surface area contributed by atoms with E-state index in [0.29, 0.717) is 37.0 Å². The molecule has 9 heteroatoms. The van der Waals surface area contributed by atoms with Gasteiger partial charge in [-0.05, 0) is 44.2 Å². The number of carbonyl (C=O) groups excluding carboxylic acids is 1. The maximum absolute atomic E-state index is 13.0. The number of non-ortho nitro benzene ring substituents is 1. The van der Waals surface area contributed by atoms with Crippen molar-refractivity contribution in [3.63, 3.8) is 0 Å². The fraction of sp³-hybridized carbons (Fsp3) is 0.350. The molecule has 3 rings (SSSR count). The molecular weight excluding hydrogens is 462 g/mol. The summed E-state index contributed by atoms with van der Waals surface area (Å²) in [7, 11) is 0. The predicted octanol–water partition coefficient (Wildman–Crippen LogP) is 4.52. The van der Waals surface area contributed by atoms with E-state index in [0.717, 1.165) is 10.2 Å². The Morgan fingerprint density at radius 1 is 1.14 bits per heavy atom. The van der Waals surface area contributed by atoms with E-state index in [1.807, 2.05) is 29.2 Å². The summed E-state index contributed by atoms with van der Waals surface area (Å²) in [6.45, 7) is 5.71. The van der Waals surface area contributed by atoms with Gasteiger partial charge in [0.25, 0.3) is 11.6 Å². The van der Waals surface area contributed by atoms with Gasteiger partial charge in [0, 0.05) is 42.8 Å². The quantitative estimate of drug-likeness (QED) is 0.463. The first-order valence-electron chi connectivity index (χ1n) is 9.10. The van der Waals surface area contributed by atoms with Crippen LogP contribution in [0.15, 0.2) is 46.9 Å². The topological polar surface area (TPSA) is 75.9 Å². The van der Waals surface area contributed by atoms with E-state index in [1.165, 1.54) is 12.1 Å². The van der Waals surface area contributed by atoms with E-state index in [9.17, 15) is 14.9 Å². The third kappa shape index (κ3) is 5.00. The number of rotatable bonds is 5. The molecule has 0 aliphatic carbocycles. The average Bonchev–Trinajstić information content (AvgIpc) is 2.69. The molecule has 154 valence electrons. The van der Waals surface area contributed by atoms with E-state index in [4.69, 9.17) is 16.3 Å². The molecule has 1 amide bonds. The minimum Gasteiger partial charge on any atom is -0.478 e. The summed E-state index contributed by atoms with van der Waals surface area (Å²) in [6, 6.07) is 11.8. The lowest BCUT2D eigenvalue weighted by Crippen LogP contribution is -2.55. The van der Waals surface area contributed by atoms with E-state index < -0.39 is 10.5 Å². The number of anilines is 1. The van der Waals surface area contributed by atoms with Crippen molar-refractivity contribution in [2.45, 2.75) is 19.4 Å². The van der Waals surface area contributed by atoms with Crippen LogP contribution in [0.25, 0.3) is 0 Å². The summed E-state index contributed by atoms with van der Waals surface area (Å²) in [5.74, 6) is 0.540. The molecule has 2 aromatic rings.